The second kappa shape index (κ2) is 6.90. The van der Waals surface area contributed by atoms with E-state index in [4.69, 9.17) is 0 Å². The lowest BCUT2D eigenvalue weighted by Crippen LogP contribution is -2.22. The van der Waals surface area contributed by atoms with Crippen LogP contribution in [0.15, 0.2) is 29.2 Å². The highest BCUT2D eigenvalue weighted by molar-refractivity contribution is 7.91. The molecule has 0 spiro atoms. The Morgan fingerprint density at radius 2 is 1.78 bits per heavy atom. The zero-order valence-electron chi connectivity index (χ0n) is 11.4. The van der Waals surface area contributed by atoms with Gasteiger partial charge in [-0.1, -0.05) is 31.5 Å². The SMILES string of the molecule is Cc1ccc(S(=O)(=O)CCCNCC(C)C)cc1. The zero-order chi connectivity index (χ0) is 13.6. The number of rotatable bonds is 7. The molecule has 0 unspecified atom stereocenters. The van der Waals surface area contributed by atoms with Gasteiger partial charge in [-0.05, 0) is 44.5 Å². The van der Waals surface area contributed by atoms with Crippen LogP contribution < -0.4 is 5.32 Å². The van der Waals surface area contributed by atoms with E-state index in [2.05, 4.69) is 19.2 Å². The number of aryl methyl sites for hydroxylation is 1. The topological polar surface area (TPSA) is 46.2 Å². The Morgan fingerprint density at radius 3 is 2.33 bits per heavy atom. The maximum absolute atomic E-state index is 12.0. The largest absolute Gasteiger partial charge is 0.316 e. The highest BCUT2D eigenvalue weighted by Crippen LogP contribution is 2.12. The molecule has 0 bridgehead atoms. The third-order valence-electron chi connectivity index (χ3n) is 2.70. The van der Waals surface area contributed by atoms with Gasteiger partial charge in [0.05, 0.1) is 10.6 Å². The third-order valence-corrected chi connectivity index (χ3v) is 4.52. The molecule has 0 aliphatic heterocycles. The first-order valence-corrected chi connectivity index (χ1v) is 8.07. The molecule has 0 saturated carbocycles. The summed E-state index contributed by atoms with van der Waals surface area (Å²) in [5, 5.41) is 3.25. The van der Waals surface area contributed by atoms with E-state index in [1.807, 2.05) is 19.1 Å². The summed E-state index contributed by atoms with van der Waals surface area (Å²) >= 11 is 0. The third kappa shape index (κ3) is 5.19. The Bertz CT molecular complexity index is 449. The van der Waals surface area contributed by atoms with E-state index in [-0.39, 0.29) is 5.75 Å². The van der Waals surface area contributed by atoms with Gasteiger partial charge in [-0.25, -0.2) is 8.42 Å². The summed E-state index contributed by atoms with van der Waals surface area (Å²) in [5.74, 6) is 0.806. The van der Waals surface area contributed by atoms with Crippen molar-refractivity contribution in [3.63, 3.8) is 0 Å². The Hall–Kier alpha value is -0.870. The molecule has 0 saturated heterocycles. The molecule has 0 fully saturated rings. The lowest BCUT2D eigenvalue weighted by Gasteiger charge is -2.08. The van der Waals surface area contributed by atoms with Crippen LogP contribution in [0.4, 0.5) is 0 Å². The van der Waals surface area contributed by atoms with Gasteiger partial charge in [0.2, 0.25) is 0 Å². The number of nitrogens with one attached hydrogen (secondary N) is 1. The minimum Gasteiger partial charge on any atom is -0.316 e. The first-order valence-electron chi connectivity index (χ1n) is 6.42. The molecule has 1 N–H and O–H groups in total. The predicted octanol–water partition coefficient (Wildman–Crippen LogP) is 2.40. The molecule has 0 amide bonds. The Balaban J connectivity index is 2.43. The summed E-state index contributed by atoms with van der Waals surface area (Å²) in [6.07, 6.45) is 0.656. The van der Waals surface area contributed by atoms with Gasteiger partial charge in [0.25, 0.3) is 0 Å². The molecular formula is C14H23NO2S. The highest BCUT2D eigenvalue weighted by Gasteiger charge is 2.13. The quantitative estimate of drug-likeness (QED) is 0.773. The van der Waals surface area contributed by atoms with Crippen molar-refractivity contribution in [2.45, 2.75) is 32.1 Å². The summed E-state index contributed by atoms with van der Waals surface area (Å²) in [7, 11) is -3.12. The standard InChI is InChI=1S/C14H23NO2S/c1-12(2)11-15-9-4-10-18(16,17)14-7-5-13(3)6-8-14/h5-8,12,15H,4,9-11H2,1-3H3. The van der Waals surface area contributed by atoms with Crippen molar-refractivity contribution in [2.75, 3.05) is 18.8 Å². The van der Waals surface area contributed by atoms with Gasteiger partial charge in [0.1, 0.15) is 0 Å². The summed E-state index contributed by atoms with van der Waals surface area (Å²) in [4.78, 5) is 0.428. The molecule has 0 radical (unpaired) electrons. The van der Waals surface area contributed by atoms with E-state index in [0.717, 1.165) is 18.7 Å². The predicted molar refractivity (Wildman–Crippen MR) is 75.6 cm³/mol. The number of hydrogen-bond donors (Lipinski definition) is 1. The number of hydrogen-bond acceptors (Lipinski definition) is 3. The molecule has 1 aromatic rings. The smallest absolute Gasteiger partial charge is 0.178 e. The van der Waals surface area contributed by atoms with Crippen molar-refractivity contribution in [3.05, 3.63) is 29.8 Å². The molecule has 0 heterocycles. The van der Waals surface area contributed by atoms with Crippen LogP contribution in [0, 0.1) is 12.8 Å². The van der Waals surface area contributed by atoms with Gasteiger partial charge in [0, 0.05) is 0 Å². The molecule has 0 aliphatic rings. The summed E-state index contributed by atoms with van der Waals surface area (Å²) in [6.45, 7) is 7.91. The lowest BCUT2D eigenvalue weighted by atomic mass is 10.2. The van der Waals surface area contributed by atoms with Gasteiger partial charge in [0.15, 0.2) is 9.84 Å². The molecule has 0 aliphatic carbocycles. The zero-order valence-corrected chi connectivity index (χ0v) is 12.3. The Kier molecular flexibility index (Phi) is 5.82. The Morgan fingerprint density at radius 1 is 1.17 bits per heavy atom. The molecule has 1 rings (SSSR count). The van der Waals surface area contributed by atoms with Crippen LogP contribution in [-0.2, 0) is 9.84 Å². The van der Waals surface area contributed by atoms with E-state index in [1.165, 1.54) is 0 Å². The minimum absolute atomic E-state index is 0.209. The first-order chi connectivity index (χ1) is 8.42. The monoisotopic (exact) mass is 269 g/mol. The van der Waals surface area contributed by atoms with Crippen LogP contribution in [0.5, 0.6) is 0 Å². The van der Waals surface area contributed by atoms with Gasteiger partial charge >= 0.3 is 0 Å². The van der Waals surface area contributed by atoms with Gasteiger partial charge in [-0.2, -0.15) is 0 Å². The van der Waals surface area contributed by atoms with E-state index < -0.39 is 9.84 Å². The van der Waals surface area contributed by atoms with Crippen molar-refractivity contribution in [1.82, 2.24) is 5.32 Å². The summed E-state index contributed by atoms with van der Waals surface area (Å²) in [5.41, 5.74) is 1.08. The van der Waals surface area contributed by atoms with E-state index in [1.54, 1.807) is 12.1 Å². The Labute approximate surface area is 111 Å². The van der Waals surface area contributed by atoms with Crippen LogP contribution in [-0.4, -0.2) is 27.3 Å². The molecule has 1 aromatic carbocycles. The van der Waals surface area contributed by atoms with Crippen LogP contribution >= 0.6 is 0 Å². The molecule has 0 aromatic heterocycles. The van der Waals surface area contributed by atoms with E-state index >= 15 is 0 Å². The average molecular weight is 269 g/mol. The molecule has 0 atom stereocenters. The average Bonchev–Trinajstić information content (AvgIpc) is 2.28. The minimum atomic E-state index is -3.12. The normalized spacial score (nSPS) is 12.0. The summed E-state index contributed by atoms with van der Waals surface area (Å²) < 4.78 is 24.0. The van der Waals surface area contributed by atoms with Crippen LogP contribution in [0.3, 0.4) is 0 Å². The molecule has 18 heavy (non-hydrogen) atoms. The molecule has 102 valence electrons. The molecule has 4 heteroatoms. The van der Waals surface area contributed by atoms with Crippen LogP contribution in [0.2, 0.25) is 0 Å². The van der Waals surface area contributed by atoms with Crippen molar-refractivity contribution < 1.29 is 8.42 Å². The number of sulfone groups is 1. The molecular weight excluding hydrogens is 246 g/mol. The second-order valence-corrected chi connectivity index (χ2v) is 7.19. The lowest BCUT2D eigenvalue weighted by molar-refractivity contribution is 0.546. The fourth-order valence-corrected chi connectivity index (χ4v) is 2.95. The second-order valence-electron chi connectivity index (χ2n) is 5.08. The van der Waals surface area contributed by atoms with Crippen molar-refractivity contribution in [3.8, 4) is 0 Å². The van der Waals surface area contributed by atoms with Gasteiger partial charge < -0.3 is 5.32 Å². The van der Waals surface area contributed by atoms with Crippen molar-refractivity contribution in [1.29, 1.82) is 0 Å². The number of benzene rings is 1. The van der Waals surface area contributed by atoms with Crippen molar-refractivity contribution >= 4 is 9.84 Å². The fraction of sp³-hybridized carbons (Fsp3) is 0.571. The van der Waals surface area contributed by atoms with Gasteiger partial charge in [-0.3, -0.25) is 0 Å². The van der Waals surface area contributed by atoms with Crippen LogP contribution in [0.1, 0.15) is 25.8 Å². The molecule has 3 nitrogen and oxygen atoms in total. The van der Waals surface area contributed by atoms with Crippen molar-refractivity contribution in [2.24, 2.45) is 5.92 Å². The van der Waals surface area contributed by atoms with Crippen LogP contribution in [0.25, 0.3) is 0 Å². The maximum atomic E-state index is 12.0. The van der Waals surface area contributed by atoms with E-state index in [0.29, 0.717) is 17.2 Å². The maximum Gasteiger partial charge on any atom is 0.178 e. The van der Waals surface area contributed by atoms with Gasteiger partial charge in [-0.15, -0.1) is 0 Å². The summed E-state index contributed by atoms with van der Waals surface area (Å²) in [6, 6.07) is 7.05. The highest BCUT2D eigenvalue weighted by atomic mass is 32.2. The van der Waals surface area contributed by atoms with E-state index in [9.17, 15) is 8.42 Å². The fourth-order valence-electron chi connectivity index (χ4n) is 1.64. The first kappa shape index (κ1) is 15.2.